The maximum Gasteiger partial charge on any atom is 0.386 e. The molecule has 5 N–H and O–H groups in total. The fraction of sp³-hybridized carbons (Fsp3) is 0.500. The molecule has 0 amide bonds. The summed E-state index contributed by atoms with van der Waals surface area (Å²) in [6.45, 7) is -4.99. The fourth-order valence-corrected chi connectivity index (χ4v) is 7.60. The van der Waals surface area contributed by atoms with Gasteiger partial charge in [-0.3, -0.25) is 32.5 Å². The maximum atomic E-state index is 15.8. The molecule has 0 saturated carbocycles. The molecule has 4 aromatic rings. The zero-order valence-electron chi connectivity index (χ0n) is 21.6. The van der Waals surface area contributed by atoms with E-state index in [2.05, 4.69) is 42.2 Å². The van der Waals surface area contributed by atoms with E-state index in [-0.39, 0.29) is 47.1 Å². The van der Waals surface area contributed by atoms with Crippen LogP contribution in [-0.4, -0.2) is 82.8 Å². The molecule has 3 aliphatic rings. The Balaban J connectivity index is 1.16. The van der Waals surface area contributed by atoms with E-state index in [9.17, 15) is 13.9 Å². The number of nitrogen functional groups attached to an aromatic ring is 2. The third-order valence-electron chi connectivity index (χ3n) is 7.09. The lowest BCUT2D eigenvalue weighted by Crippen LogP contribution is -2.33. The van der Waals surface area contributed by atoms with E-state index in [4.69, 9.17) is 39.0 Å². The van der Waals surface area contributed by atoms with Gasteiger partial charge in [-0.15, -0.1) is 0 Å². The monoisotopic (exact) mass is 660 g/mol. The summed E-state index contributed by atoms with van der Waals surface area (Å²) in [5, 5.41) is 0. The second-order valence-corrected chi connectivity index (χ2v) is 13.7. The molecule has 4 aromatic heterocycles. The van der Waals surface area contributed by atoms with Crippen LogP contribution in [0.3, 0.4) is 0 Å². The van der Waals surface area contributed by atoms with Crippen LogP contribution in [0.5, 0.6) is 0 Å². The summed E-state index contributed by atoms with van der Waals surface area (Å²) >= 11 is 4.11. The van der Waals surface area contributed by atoms with E-state index >= 15 is 4.39 Å². The third kappa shape index (κ3) is 5.23. The largest absolute Gasteiger partial charge is 0.386 e. The minimum Gasteiger partial charge on any atom is -0.382 e. The number of hydrogen-bond donors (Lipinski definition) is 4. The van der Waals surface area contributed by atoms with Crippen molar-refractivity contribution >= 4 is 61.4 Å². The number of nitrogens with one attached hydrogen (secondary N) is 1. The van der Waals surface area contributed by atoms with E-state index in [0.29, 0.717) is 0 Å². The predicted octanol–water partition coefficient (Wildman–Crippen LogP) is 0.892. The second-order valence-electron chi connectivity index (χ2n) is 9.80. The lowest BCUT2D eigenvalue weighted by Gasteiger charge is -2.25. The lowest BCUT2D eigenvalue weighted by atomic mass is 10.1. The summed E-state index contributed by atoms with van der Waals surface area (Å²) < 4.78 is 78.9. The molecule has 0 radical (unpaired) electrons. The summed E-state index contributed by atoms with van der Waals surface area (Å²) in [6.07, 6.45) is -4.98. The average molecular weight is 660 g/mol. The predicted molar refractivity (Wildman–Crippen MR) is 147 cm³/mol. The van der Waals surface area contributed by atoms with Crippen molar-refractivity contribution in [3.63, 3.8) is 0 Å². The number of thiol groups is 1. The zero-order valence-corrected chi connectivity index (χ0v) is 24.4. The standard InChI is InChI=1S/C20H23FN10O9P2S/c21-10-13-9(38-19(10)30-5-26-11-14(22)24-4-25-15(11)30)3-36-42(34,43)40-8-1-7(2-35-41(33)39-13)37-18(8)31-6-27-12-16(31)28-20(23)29-17(12)32/h4-10,13,18-19,41H,1-3H2,(H,34,43)(H2,22,24,25)(H3,23,28,29,32)/t7-,8+,9+,10-,13+,18+,19+,42?/m0/s1. The molecular formula is C20H23FN10O9P2S. The van der Waals surface area contributed by atoms with E-state index < -0.39 is 70.3 Å². The number of rotatable bonds is 2. The molecule has 0 aliphatic carbocycles. The highest BCUT2D eigenvalue weighted by atomic mass is 32.7. The van der Waals surface area contributed by atoms with Gasteiger partial charge in [0.15, 0.2) is 41.3 Å². The van der Waals surface area contributed by atoms with Crippen molar-refractivity contribution in [2.75, 3.05) is 24.7 Å². The highest BCUT2D eigenvalue weighted by Crippen LogP contribution is 2.57. The summed E-state index contributed by atoms with van der Waals surface area (Å²) in [6, 6.07) is 0. The minimum atomic E-state index is -4.18. The topological polar surface area (TPSA) is 249 Å². The van der Waals surface area contributed by atoms with E-state index in [1.54, 1.807) is 0 Å². The number of aromatic amines is 1. The fourth-order valence-electron chi connectivity index (χ4n) is 5.22. The summed E-state index contributed by atoms with van der Waals surface area (Å²) in [4.78, 5) is 34.9. The van der Waals surface area contributed by atoms with Crippen molar-refractivity contribution in [2.24, 2.45) is 0 Å². The van der Waals surface area contributed by atoms with Gasteiger partial charge in [0.2, 0.25) is 5.95 Å². The molecule has 3 aliphatic heterocycles. The van der Waals surface area contributed by atoms with Crippen molar-refractivity contribution in [3.05, 3.63) is 29.3 Å². The average Bonchev–Trinajstić information content (AvgIpc) is 3.72. The van der Waals surface area contributed by atoms with E-state index in [1.807, 2.05) is 0 Å². The maximum absolute atomic E-state index is 15.8. The molecule has 23 heteroatoms. The van der Waals surface area contributed by atoms with Crippen molar-refractivity contribution < 1.29 is 41.1 Å². The number of halogens is 1. The number of nitrogens with zero attached hydrogens (tertiary/aromatic N) is 7. The number of anilines is 2. The van der Waals surface area contributed by atoms with Gasteiger partial charge in [-0.05, 0) is 0 Å². The molecule has 19 nitrogen and oxygen atoms in total. The van der Waals surface area contributed by atoms with Gasteiger partial charge in [-0.1, -0.05) is 12.2 Å². The number of aromatic nitrogens is 8. The van der Waals surface area contributed by atoms with E-state index in [1.165, 1.54) is 28.1 Å². The Morgan fingerprint density at radius 3 is 2.63 bits per heavy atom. The molecule has 230 valence electrons. The summed E-state index contributed by atoms with van der Waals surface area (Å²) in [5.41, 5.74) is 11.4. The number of ether oxygens (including phenoxy) is 2. The quantitative estimate of drug-likeness (QED) is 0.172. The smallest absolute Gasteiger partial charge is 0.382 e. The van der Waals surface area contributed by atoms with Crippen LogP contribution < -0.4 is 17.0 Å². The molecular weight excluding hydrogens is 637 g/mol. The van der Waals surface area contributed by atoms with Crippen LogP contribution in [0.2, 0.25) is 0 Å². The summed E-state index contributed by atoms with van der Waals surface area (Å²) in [5.74, 6) is -0.0818. The number of nitrogens with two attached hydrogens (primary N) is 2. The Kier molecular flexibility index (Phi) is 7.26. The van der Waals surface area contributed by atoms with Gasteiger partial charge in [-0.25, -0.2) is 28.9 Å². The molecule has 0 aromatic carbocycles. The number of alkyl halides is 1. The molecule has 43 heavy (non-hydrogen) atoms. The van der Waals surface area contributed by atoms with Crippen molar-refractivity contribution in [1.29, 1.82) is 0 Å². The number of imidazole rings is 2. The first-order valence-electron chi connectivity index (χ1n) is 12.7. The molecule has 3 fully saturated rings. The number of hydrogen-bond acceptors (Lipinski definition) is 16. The van der Waals surface area contributed by atoms with E-state index in [0.717, 1.165) is 0 Å². The molecule has 2 bridgehead atoms. The highest BCUT2D eigenvalue weighted by Gasteiger charge is 2.50. The summed E-state index contributed by atoms with van der Waals surface area (Å²) in [7, 11) is -3.32. The molecule has 9 atom stereocenters. The van der Waals surface area contributed by atoms with Crippen LogP contribution in [-0.2, 0) is 36.7 Å². The molecule has 7 heterocycles. The van der Waals surface area contributed by atoms with Crippen LogP contribution in [0, 0.1) is 0 Å². The Labute approximate surface area is 245 Å². The first kappa shape index (κ1) is 28.8. The van der Waals surface area contributed by atoms with Crippen molar-refractivity contribution in [1.82, 2.24) is 39.0 Å². The van der Waals surface area contributed by atoms with Crippen LogP contribution in [0.15, 0.2) is 23.8 Å². The second kappa shape index (κ2) is 10.9. The minimum absolute atomic E-state index is 0.0195. The normalized spacial score (nSPS) is 35.4. The van der Waals surface area contributed by atoms with Crippen LogP contribution in [0.1, 0.15) is 18.9 Å². The van der Waals surface area contributed by atoms with Gasteiger partial charge in [0.25, 0.3) is 5.56 Å². The Bertz CT molecular complexity index is 1840. The van der Waals surface area contributed by atoms with Gasteiger partial charge in [0, 0.05) is 6.42 Å². The van der Waals surface area contributed by atoms with Crippen molar-refractivity contribution in [2.45, 2.75) is 49.5 Å². The van der Waals surface area contributed by atoms with Gasteiger partial charge >= 0.3 is 15.1 Å². The Morgan fingerprint density at radius 2 is 1.81 bits per heavy atom. The van der Waals surface area contributed by atoms with Crippen molar-refractivity contribution in [3.8, 4) is 0 Å². The van der Waals surface area contributed by atoms with Gasteiger partial charge in [0.05, 0.1) is 32.0 Å². The Hall–Kier alpha value is -3.00. The van der Waals surface area contributed by atoms with Gasteiger partial charge in [0.1, 0.15) is 30.2 Å². The SMILES string of the molecule is Nc1nc2c(ncn2[C@@H]2O[C@@H]3CO[PH](=O)O[C@H]4[C@H](F)[C@H](n5cnc6c(N)ncnc65)O[C@@H]4COP(=O)(S)O[C@@H]2C3)c(=O)[nH]1. The van der Waals surface area contributed by atoms with Gasteiger partial charge in [-0.2, -0.15) is 4.98 Å². The number of H-pyrrole nitrogens is 1. The third-order valence-corrected chi connectivity index (χ3v) is 9.60. The highest BCUT2D eigenvalue weighted by molar-refractivity contribution is 8.44. The first-order chi connectivity index (χ1) is 20.6. The molecule has 2 unspecified atom stereocenters. The first-order valence-corrected chi connectivity index (χ1v) is 16.6. The molecule has 0 spiro atoms. The van der Waals surface area contributed by atoms with Crippen LogP contribution in [0.4, 0.5) is 16.2 Å². The molecule has 3 saturated heterocycles. The Morgan fingerprint density at radius 1 is 1.05 bits per heavy atom. The van der Waals surface area contributed by atoms with Crippen LogP contribution in [0.25, 0.3) is 22.3 Å². The lowest BCUT2D eigenvalue weighted by molar-refractivity contribution is -0.0557. The number of fused-ring (bicyclic) bond motifs is 5. The molecule has 7 rings (SSSR count). The zero-order chi connectivity index (χ0) is 30.0. The van der Waals surface area contributed by atoms with Gasteiger partial charge < -0.3 is 30.0 Å². The van der Waals surface area contributed by atoms with Crippen LogP contribution >= 0.6 is 27.3 Å².